The van der Waals surface area contributed by atoms with Gasteiger partial charge in [0, 0.05) is 17.1 Å². The van der Waals surface area contributed by atoms with Crippen LogP contribution in [0.15, 0.2) is 42.6 Å². The monoisotopic (exact) mass is 341 g/mol. The Hall–Kier alpha value is -1.74. The molecule has 2 fully saturated rings. The number of pyridine rings is 1. The molecule has 0 bridgehead atoms. The van der Waals surface area contributed by atoms with E-state index >= 15 is 0 Å². The van der Waals surface area contributed by atoms with Crippen LogP contribution in [0.1, 0.15) is 50.0 Å². The van der Waals surface area contributed by atoms with Gasteiger partial charge in [0.25, 0.3) is 0 Å². The molecule has 1 aromatic carbocycles. The largest absolute Gasteiger partial charge is 0.381 e. The van der Waals surface area contributed by atoms with Crippen molar-refractivity contribution in [2.75, 3.05) is 10.6 Å². The summed E-state index contributed by atoms with van der Waals surface area (Å²) in [4.78, 5) is 4.54. The van der Waals surface area contributed by atoms with Crippen LogP contribution in [0.5, 0.6) is 0 Å². The fraction of sp³-hybridized carbons (Fsp3) is 0.450. The molecule has 0 aliphatic heterocycles. The second-order valence-corrected chi connectivity index (χ2v) is 7.55. The Morgan fingerprint density at radius 2 is 1.88 bits per heavy atom. The Labute approximate surface area is 148 Å². The Morgan fingerprint density at radius 1 is 0.958 bits per heavy atom. The van der Waals surface area contributed by atoms with E-state index in [9.17, 15) is 0 Å². The number of anilines is 2. The summed E-state index contributed by atoms with van der Waals surface area (Å²) in [5.74, 6) is 1.60. The number of hydrogen-bond acceptors (Lipinski definition) is 3. The predicted octanol–water partition coefficient (Wildman–Crippen LogP) is 5.45. The van der Waals surface area contributed by atoms with Crippen LogP contribution in [0, 0.1) is 0 Å². The van der Waals surface area contributed by atoms with E-state index in [4.69, 9.17) is 11.6 Å². The van der Waals surface area contributed by atoms with Gasteiger partial charge in [-0.1, -0.05) is 23.7 Å². The minimum atomic E-state index is 0.515. The van der Waals surface area contributed by atoms with Crippen molar-refractivity contribution in [2.24, 2.45) is 0 Å². The maximum Gasteiger partial charge on any atom is 0.126 e. The summed E-state index contributed by atoms with van der Waals surface area (Å²) in [6, 6.07) is 13.7. The van der Waals surface area contributed by atoms with Gasteiger partial charge in [-0.2, -0.15) is 0 Å². The number of aromatic nitrogens is 1. The standard InChI is InChI=1S/C20H24ClN3/c21-16-4-1-3-14(11-16)15-7-8-18(12-15)23-19-9-10-20(22-13-19)24-17-5-2-6-17/h1,3-4,9-11,13,15,17-18,23H,2,5-8,12H2,(H,22,24). The lowest BCUT2D eigenvalue weighted by atomic mass is 9.93. The van der Waals surface area contributed by atoms with Gasteiger partial charge in [-0.3, -0.25) is 0 Å². The summed E-state index contributed by atoms with van der Waals surface area (Å²) >= 11 is 6.12. The highest BCUT2D eigenvalue weighted by atomic mass is 35.5. The molecule has 1 heterocycles. The molecule has 3 nitrogen and oxygen atoms in total. The fourth-order valence-corrected chi connectivity index (χ4v) is 3.94. The Kier molecular flexibility index (Phi) is 4.61. The molecule has 2 saturated carbocycles. The van der Waals surface area contributed by atoms with Crippen molar-refractivity contribution in [3.63, 3.8) is 0 Å². The Morgan fingerprint density at radius 3 is 2.58 bits per heavy atom. The smallest absolute Gasteiger partial charge is 0.126 e. The van der Waals surface area contributed by atoms with Gasteiger partial charge in [0.05, 0.1) is 11.9 Å². The molecule has 2 atom stereocenters. The van der Waals surface area contributed by atoms with E-state index in [0.29, 0.717) is 18.0 Å². The highest BCUT2D eigenvalue weighted by Gasteiger charge is 2.26. The first kappa shape index (κ1) is 15.8. The maximum absolute atomic E-state index is 6.12. The van der Waals surface area contributed by atoms with Crippen LogP contribution >= 0.6 is 11.6 Å². The van der Waals surface area contributed by atoms with Crippen molar-refractivity contribution in [3.05, 3.63) is 53.2 Å². The number of halogens is 1. The molecule has 1 aromatic heterocycles. The van der Waals surface area contributed by atoms with E-state index in [1.54, 1.807) is 0 Å². The van der Waals surface area contributed by atoms with E-state index in [1.165, 1.54) is 37.7 Å². The molecule has 2 aliphatic carbocycles. The average molecular weight is 342 g/mol. The van der Waals surface area contributed by atoms with E-state index in [1.807, 2.05) is 12.3 Å². The molecule has 0 saturated heterocycles. The van der Waals surface area contributed by atoms with Crippen LogP contribution in [0.2, 0.25) is 5.02 Å². The zero-order valence-corrected chi connectivity index (χ0v) is 14.6. The molecular formula is C20H24ClN3. The molecule has 24 heavy (non-hydrogen) atoms. The van der Waals surface area contributed by atoms with Crippen molar-refractivity contribution in [1.29, 1.82) is 0 Å². The molecule has 0 amide bonds. The zero-order chi connectivity index (χ0) is 16.4. The summed E-state index contributed by atoms with van der Waals surface area (Å²) in [5, 5.41) is 7.96. The molecule has 0 spiro atoms. The quantitative estimate of drug-likeness (QED) is 0.759. The molecule has 2 N–H and O–H groups in total. The molecule has 2 aromatic rings. The molecule has 4 heteroatoms. The van der Waals surface area contributed by atoms with E-state index < -0.39 is 0 Å². The van der Waals surface area contributed by atoms with Crippen LogP contribution in [0.3, 0.4) is 0 Å². The van der Waals surface area contributed by atoms with Gasteiger partial charge in [-0.25, -0.2) is 4.98 Å². The first-order valence-corrected chi connectivity index (χ1v) is 9.38. The van der Waals surface area contributed by atoms with Crippen LogP contribution < -0.4 is 10.6 Å². The van der Waals surface area contributed by atoms with Crippen LogP contribution in [-0.4, -0.2) is 17.1 Å². The lowest BCUT2D eigenvalue weighted by molar-refractivity contribution is 0.444. The number of benzene rings is 1. The molecule has 4 rings (SSSR count). The summed E-state index contributed by atoms with van der Waals surface area (Å²) in [6.07, 6.45) is 9.40. The third kappa shape index (κ3) is 3.67. The van der Waals surface area contributed by atoms with Crippen molar-refractivity contribution >= 4 is 23.1 Å². The molecule has 0 radical (unpaired) electrons. The van der Waals surface area contributed by atoms with Gasteiger partial charge in [0.15, 0.2) is 0 Å². The van der Waals surface area contributed by atoms with Crippen LogP contribution in [0.4, 0.5) is 11.5 Å². The number of rotatable bonds is 5. The lowest BCUT2D eigenvalue weighted by Crippen LogP contribution is -2.27. The highest BCUT2D eigenvalue weighted by Crippen LogP contribution is 2.36. The first-order valence-electron chi connectivity index (χ1n) is 9.01. The third-order valence-electron chi connectivity index (χ3n) is 5.34. The predicted molar refractivity (Wildman–Crippen MR) is 101 cm³/mol. The highest BCUT2D eigenvalue weighted by molar-refractivity contribution is 6.30. The zero-order valence-electron chi connectivity index (χ0n) is 13.8. The summed E-state index contributed by atoms with van der Waals surface area (Å²) in [7, 11) is 0. The molecule has 2 aliphatic rings. The van der Waals surface area contributed by atoms with Gasteiger partial charge < -0.3 is 10.6 Å². The Bertz CT molecular complexity index is 682. The van der Waals surface area contributed by atoms with Crippen molar-refractivity contribution in [1.82, 2.24) is 4.98 Å². The van der Waals surface area contributed by atoms with Crippen LogP contribution in [-0.2, 0) is 0 Å². The van der Waals surface area contributed by atoms with E-state index in [0.717, 1.165) is 22.9 Å². The van der Waals surface area contributed by atoms with Gasteiger partial charge in [0.1, 0.15) is 5.82 Å². The Balaban J connectivity index is 1.32. The molecule has 126 valence electrons. The summed E-state index contributed by atoms with van der Waals surface area (Å²) < 4.78 is 0. The lowest BCUT2D eigenvalue weighted by Gasteiger charge is -2.27. The number of nitrogens with zero attached hydrogens (tertiary/aromatic N) is 1. The molecular weight excluding hydrogens is 318 g/mol. The first-order chi connectivity index (χ1) is 11.8. The van der Waals surface area contributed by atoms with E-state index in [-0.39, 0.29) is 0 Å². The third-order valence-corrected chi connectivity index (χ3v) is 5.58. The van der Waals surface area contributed by atoms with Crippen molar-refractivity contribution in [2.45, 2.75) is 56.5 Å². The number of nitrogens with one attached hydrogen (secondary N) is 2. The van der Waals surface area contributed by atoms with Gasteiger partial charge in [-0.15, -0.1) is 0 Å². The van der Waals surface area contributed by atoms with E-state index in [2.05, 4.69) is 45.9 Å². The number of hydrogen-bond donors (Lipinski definition) is 2. The van der Waals surface area contributed by atoms with Gasteiger partial charge >= 0.3 is 0 Å². The SMILES string of the molecule is Clc1cccc(C2CCC(Nc3ccc(NC4CCC4)nc3)C2)c1. The van der Waals surface area contributed by atoms with Gasteiger partial charge in [-0.05, 0) is 74.3 Å². The van der Waals surface area contributed by atoms with Gasteiger partial charge in [0.2, 0.25) is 0 Å². The summed E-state index contributed by atoms with van der Waals surface area (Å²) in [6.45, 7) is 0. The van der Waals surface area contributed by atoms with Crippen molar-refractivity contribution in [3.8, 4) is 0 Å². The second-order valence-electron chi connectivity index (χ2n) is 7.11. The molecule has 2 unspecified atom stereocenters. The minimum absolute atomic E-state index is 0.515. The van der Waals surface area contributed by atoms with Crippen LogP contribution in [0.25, 0.3) is 0 Å². The minimum Gasteiger partial charge on any atom is -0.381 e. The summed E-state index contributed by atoms with van der Waals surface area (Å²) in [5.41, 5.74) is 2.48. The topological polar surface area (TPSA) is 37.0 Å². The normalized spacial score (nSPS) is 23.7. The average Bonchev–Trinajstić information content (AvgIpc) is 3.01. The maximum atomic E-state index is 6.12. The van der Waals surface area contributed by atoms with Crippen molar-refractivity contribution < 1.29 is 0 Å². The fourth-order valence-electron chi connectivity index (χ4n) is 3.74. The second kappa shape index (κ2) is 7.02.